The highest BCUT2D eigenvalue weighted by atomic mass is 127. The van der Waals surface area contributed by atoms with Gasteiger partial charge < -0.3 is 10.6 Å². The number of nitrogens with two attached hydrogens (primary N) is 1. The maximum atomic E-state index is 11.2. The van der Waals surface area contributed by atoms with Crippen molar-refractivity contribution < 1.29 is 8.42 Å². The Kier molecular flexibility index (Phi) is 9.39. The minimum Gasteiger partial charge on any atom is -0.356 e. The molecule has 138 valence electrons. The number of hydrogen-bond donors (Lipinski definition) is 3. The van der Waals surface area contributed by atoms with E-state index in [0.717, 1.165) is 30.9 Å². The second-order valence-electron chi connectivity index (χ2n) is 5.19. The fourth-order valence-electron chi connectivity index (χ4n) is 2.15. The molecule has 2 aromatic rings. The topological polar surface area (TPSA) is 96.6 Å². The Bertz CT molecular complexity index is 760. The molecule has 0 bridgehead atoms. The number of thiophene rings is 1. The number of hydrogen-bond acceptors (Lipinski definition) is 4. The van der Waals surface area contributed by atoms with Crippen molar-refractivity contribution >= 4 is 51.3 Å². The molecule has 4 N–H and O–H groups in total. The third-order valence-electron chi connectivity index (χ3n) is 3.43. The molecule has 1 heterocycles. The Morgan fingerprint density at radius 3 is 2.28 bits per heavy atom. The number of guanidine groups is 1. The van der Waals surface area contributed by atoms with Crippen molar-refractivity contribution in [2.45, 2.75) is 17.7 Å². The summed E-state index contributed by atoms with van der Waals surface area (Å²) in [6, 6.07) is 10.8. The zero-order valence-corrected chi connectivity index (χ0v) is 17.9. The molecule has 2 rings (SSSR count). The summed E-state index contributed by atoms with van der Waals surface area (Å²) in [5.41, 5.74) is 1.03. The molecule has 0 amide bonds. The summed E-state index contributed by atoms with van der Waals surface area (Å²) in [4.78, 5) is 5.66. The fraction of sp³-hybridized carbons (Fsp3) is 0.312. The SMILES string of the molecule is CN=C(NCCc1ccc(S(N)(=O)=O)cc1)NCCc1cccs1.I. The molecule has 0 unspecified atom stereocenters. The van der Waals surface area contributed by atoms with E-state index in [1.165, 1.54) is 17.0 Å². The number of rotatable bonds is 7. The van der Waals surface area contributed by atoms with Crippen LogP contribution in [0.2, 0.25) is 0 Å². The Morgan fingerprint density at radius 1 is 1.12 bits per heavy atom. The van der Waals surface area contributed by atoms with Crippen LogP contribution in [-0.2, 0) is 22.9 Å². The van der Waals surface area contributed by atoms with Gasteiger partial charge in [-0.25, -0.2) is 13.6 Å². The van der Waals surface area contributed by atoms with E-state index >= 15 is 0 Å². The highest BCUT2D eigenvalue weighted by molar-refractivity contribution is 14.0. The number of sulfonamides is 1. The van der Waals surface area contributed by atoms with E-state index in [2.05, 4.69) is 27.1 Å². The molecule has 0 saturated carbocycles. The van der Waals surface area contributed by atoms with Crippen LogP contribution in [0, 0.1) is 0 Å². The van der Waals surface area contributed by atoms with Gasteiger partial charge in [0.15, 0.2) is 5.96 Å². The second-order valence-corrected chi connectivity index (χ2v) is 7.79. The van der Waals surface area contributed by atoms with E-state index in [1.54, 1.807) is 30.5 Å². The summed E-state index contributed by atoms with van der Waals surface area (Å²) in [6.07, 6.45) is 1.73. The van der Waals surface area contributed by atoms with Gasteiger partial charge in [0, 0.05) is 25.0 Å². The van der Waals surface area contributed by atoms with Crippen LogP contribution in [0.1, 0.15) is 10.4 Å². The smallest absolute Gasteiger partial charge is 0.238 e. The Balaban J connectivity index is 0.00000312. The molecule has 0 aliphatic carbocycles. The van der Waals surface area contributed by atoms with Crippen molar-refractivity contribution in [3.63, 3.8) is 0 Å². The number of primary sulfonamides is 1. The average molecular weight is 494 g/mol. The van der Waals surface area contributed by atoms with Gasteiger partial charge in [-0.15, -0.1) is 35.3 Å². The lowest BCUT2D eigenvalue weighted by atomic mass is 10.1. The van der Waals surface area contributed by atoms with Crippen molar-refractivity contribution in [1.82, 2.24) is 10.6 Å². The molecule has 0 aliphatic heterocycles. The molecule has 1 aromatic carbocycles. The summed E-state index contributed by atoms with van der Waals surface area (Å²) >= 11 is 1.75. The Labute approximate surface area is 170 Å². The van der Waals surface area contributed by atoms with Gasteiger partial charge in [0.2, 0.25) is 10.0 Å². The zero-order chi connectivity index (χ0) is 17.4. The second kappa shape index (κ2) is 10.7. The van der Waals surface area contributed by atoms with Crippen molar-refractivity contribution in [3.05, 3.63) is 52.2 Å². The highest BCUT2D eigenvalue weighted by Gasteiger charge is 2.06. The summed E-state index contributed by atoms with van der Waals surface area (Å²) in [7, 11) is -1.89. The van der Waals surface area contributed by atoms with Crippen LogP contribution in [0.5, 0.6) is 0 Å². The van der Waals surface area contributed by atoms with Crippen LogP contribution in [-0.4, -0.2) is 34.5 Å². The predicted molar refractivity (Wildman–Crippen MR) is 114 cm³/mol. The summed E-state index contributed by atoms with van der Waals surface area (Å²) in [5.74, 6) is 0.757. The maximum absolute atomic E-state index is 11.2. The average Bonchev–Trinajstić information content (AvgIpc) is 3.06. The number of nitrogens with zero attached hydrogens (tertiary/aromatic N) is 1. The molecule has 25 heavy (non-hydrogen) atoms. The minimum absolute atomic E-state index is 0. The first-order chi connectivity index (χ1) is 11.5. The molecule has 0 atom stereocenters. The van der Waals surface area contributed by atoms with E-state index in [1.807, 2.05) is 6.07 Å². The van der Waals surface area contributed by atoms with E-state index in [-0.39, 0.29) is 28.9 Å². The quantitative estimate of drug-likeness (QED) is 0.312. The molecule has 6 nitrogen and oxygen atoms in total. The molecular weight excluding hydrogens is 471 g/mol. The van der Waals surface area contributed by atoms with E-state index in [0.29, 0.717) is 6.54 Å². The van der Waals surface area contributed by atoms with Crippen LogP contribution in [0.4, 0.5) is 0 Å². The first kappa shape index (κ1) is 21.9. The van der Waals surface area contributed by atoms with Crippen molar-refractivity contribution in [2.24, 2.45) is 10.1 Å². The summed E-state index contributed by atoms with van der Waals surface area (Å²) in [5, 5.41) is 13.7. The summed E-state index contributed by atoms with van der Waals surface area (Å²) in [6.45, 7) is 1.52. The lowest BCUT2D eigenvalue weighted by Gasteiger charge is -2.11. The third-order valence-corrected chi connectivity index (χ3v) is 5.29. The maximum Gasteiger partial charge on any atom is 0.238 e. The number of nitrogens with one attached hydrogen (secondary N) is 2. The molecule has 0 saturated heterocycles. The van der Waals surface area contributed by atoms with Gasteiger partial charge in [-0.1, -0.05) is 18.2 Å². The highest BCUT2D eigenvalue weighted by Crippen LogP contribution is 2.09. The monoisotopic (exact) mass is 494 g/mol. The first-order valence-electron chi connectivity index (χ1n) is 7.57. The Morgan fingerprint density at radius 2 is 1.76 bits per heavy atom. The van der Waals surface area contributed by atoms with Gasteiger partial charge in [-0.2, -0.15) is 0 Å². The van der Waals surface area contributed by atoms with E-state index < -0.39 is 10.0 Å². The lowest BCUT2D eigenvalue weighted by molar-refractivity contribution is 0.598. The fourth-order valence-corrected chi connectivity index (χ4v) is 3.38. The van der Waals surface area contributed by atoms with Gasteiger partial charge in [0.1, 0.15) is 0 Å². The standard InChI is InChI=1S/C16H22N4O2S2.HI/c1-18-16(20-11-9-14-3-2-12-23-14)19-10-8-13-4-6-15(7-5-13)24(17,21)22;/h2-7,12H,8-11H2,1H3,(H2,17,21,22)(H2,18,19,20);1H. The molecule has 0 spiro atoms. The zero-order valence-electron chi connectivity index (χ0n) is 13.9. The third kappa shape index (κ3) is 7.72. The van der Waals surface area contributed by atoms with Gasteiger partial charge in [-0.05, 0) is 42.0 Å². The van der Waals surface area contributed by atoms with Crippen LogP contribution < -0.4 is 15.8 Å². The summed E-state index contributed by atoms with van der Waals surface area (Å²) < 4.78 is 22.4. The van der Waals surface area contributed by atoms with Crippen molar-refractivity contribution in [3.8, 4) is 0 Å². The van der Waals surface area contributed by atoms with Crippen LogP contribution in [0.25, 0.3) is 0 Å². The van der Waals surface area contributed by atoms with Gasteiger partial charge in [0.25, 0.3) is 0 Å². The number of benzene rings is 1. The van der Waals surface area contributed by atoms with Crippen molar-refractivity contribution in [2.75, 3.05) is 20.1 Å². The van der Waals surface area contributed by atoms with Crippen LogP contribution in [0.15, 0.2) is 51.7 Å². The largest absolute Gasteiger partial charge is 0.356 e. The molecule has 9 heteroatoms. The normalized spacial score (nSPS) is 11.7. The van der Waals surface area contributed by atoms with Gasteiger partial charge in [0.05, 0.1) is 4.90 Å². The first-order valence-corrected chi connectivity index (χ1v) is 10.0. The van der Waals surface area contributed by atoms with Crippen LogP contribution in [0.3, 0.4) is 0 Å². The van der Waals surface area contributed by atoms with Gasteiger partial charge >= 0.3 is 0 Å². The number of aliphatic imine (C=N–C) groups is 1. The number of halogens is 1. The van der Waals surface area contributed by atoms with Gasteiger partial charge in [-0.3, -0.25) is 4.99 Å². The molecular formula is C16H23IN4O2S2. The predicted octanol–water partition coefficient (Wildman–Crippen LogP) is 1.96. The van der Waals surface area contributed by atoms with Crippen molar-refractivity contribution in [1.29, 1.82) is 0 Å². The van der Waals surface area contributed by atoms with E-state index in [9.17, 15) is 8.42 Å². The molecule has 0 fully saturated rings. The molecule has 0 radical (unpaired) electrons. The minimum atomic E-state index is -3.63. The van der Waals surface area contributed by atoms with E-state index in [4.69, 9.17) is 5.14 Å². The molecule has 0 aliphatic rings. The lowest BCUT2D eigenvalue weighted by Crippen LogP contribution is -2.39. The Hall–Kier alpha value is -1.17. The van der Waals surface area contributed by atoms with Crippen LogP contribution >= 0.6 is 35.3 Å². The molecule has 1 aromatic heterocycles.